The van der Waals surface area contributed by atoms with Crippen LogP contribution in [0, 0.1) is 17.1 Å². The van der Waals surface area contributed by atoms with Gasteiger partial charge in [0.05, 0.1) is 17.5 Å². The maximum Gasteiger partial charge on any atom is 0.255 e. The fourth-order valence-corrected chi connectivity index (χ4v) is 1.84. The van der Waals surface area contributed by atoms with Crippen LogP contribution in [-0.4, -0.2) is 4.57 Å². The summed E-state index contributed by atoms with van der Waals surface area (Å²) < 4.78 is 14.5. The van der Waals surface area contributed by atoms with Gasteiger partial charge in [-0.3, -0.25) is 4.79 Å². The van der Waals surface area contributed by atoms with Gasteiger partial charge in [0.15, 0.2) is 0 Å². The maximum atomic E-state index is 13.1. The lowest BCUT2D eigenvalue weighted by atomic mass is 10.0. The predicted octanol–water partition coefficient (Wildman–Crippen LogP) is 2.30. The number of aromatic nitrogens is 1. The van der Waals surface area contributed by atoms with Gasteiger partial charge in [-0.05, 0) is 36.6 Å². The largest absolute Gasteiger partial charge is 0.311 e. The van der Waals surface area contributed by atoms with Crippen LogP contribution in [-0.2, 0) is 7.05 Å². The minimum absolute atomic E-state index is 0.253. The Labute approximate surface area is 97.7 Å². The van der Waals surface area contributed by atoms with Gasteiger partial charge in [-0.1, -0.05) is 0 Å². The number of pyridine rings is 1. The molecule has 3 nitrogen and oxygen atoms in total. The Balaban J connectivity index is 2.85. The summed E-state index contributed by atoms with van der Waals surface area (Å²) in [5.41, 5.74) is 0.718. The fourth-order valence-electron chi connectivity index (χ4n) is 1.84. The number of aryl methyl sites for hydroxylation is 1. The lowest BCUT2D eigenvalue weighted by Crippen LogP contribution is -2.22. The molecule has 1 aromatic carbocycles. The molecule has 86 valence electrons. The standard InChI is InChI=1S/C13H11FN2O/c1-8(7-15)11-5-9-3-4-10(14)6-12(9)16(2)13(11)17/h3-6,8H,1-2H3. The van der Waals surface area contributed by atoms with Gasteiger partial charge in [0, 0.05) is 12.6 Å². The number of nitriles is 1. The van der Waals surface area contributed by atoms with Gasteiger partial charge in [-0.15, -0.1) is 0 Å². The lowest BCUT2D eigenvalue weighted by Gasteiger charge is -2.09. The molecule has 2 aromatic rings. The first kappa shape index (κ1) is 11.3. The van der Waals surface area contributed by atoms with Crippen LogP contribution in [0.15, 0.2) is 29.1 Å². The zero-order chi connectivity index (χ0) is 12.6. The molecular formula is C13H11FN2O. The second-order valence-corrected chi connectivity index (χ2v) is 4.02. The van der Waals surface area contributed by atoms with E-state index in [1.54, 1.807) is 26.1 Å². The van der Waals surface area contributed by atoms with E-state index in [2.05, 4.69) is 0 Å². The second kappa shape index (κ2) is 4.02. The summed E-state index contributed by atoms with van der Waals surface area (Å²) >= 11 is 0. The van der Waals surface area contributed by atoms with Crippen molar-refractivity contribution in [2.24, 2.45) is 7.05 Å². The van der Waals surface area contributed by atoms with Crippen LogP contribution in [0.3, 0.4) is 0 Å². The summed E-state index contributed by atoms with van der Waals surface area (Å²) in [6.45, 7) is 1.67. The van der Waals surface area contributed by atoms with E-state index >= 15 is 0 Å². The Hall–Kier alpha value is -2.15. The van der Waals surface area contributed by atoms with Gasteiger partial charge in [0.1, 0.15) is 5.82 Å². The zero-order valence-corrected chi connectivity index (χ0v) is 9.57. The third kappa shape index (κ3) is 1.80. The fraction of sp³-hybridized carbons (Fsp3) is 0.231. The quantitative estimate of drug-likeness (QED) is 0.754. The highest BCUT2D eigenvalue weighted by atomic mass is 19.1. The predicted molar refractivity (Wildman–Crippen MR) is 63.2 cm³/mol. The number of hydrogen-bond donors (Lipinski definition) is 0. The Kier molecular flexibility index (Phi) is 2.68. The number of fused-ring (bicyclic) bond motifs is 1. The van der Waals surface area contributed by atoms with Crippen molar-refractivity contribution < 1.29 is 4.39 Å². The highest BCUT2D eigenvalue weighted by Gasteiger charge is 2.12. The van der Waals surface area contributed by atoms with E-state index in [1.165, 1.54) is 16.7 Å². The normalized spacial score (nSPS) is 12.4. The highest BCUT2D eigenvalue weighted by molar-refractivity contribution is 5.79. The second-order valence-electron chi connectivity index (χ2n) is 4.02. The van der Waals surface area contributed by atoms with Gasteiger partial charge in [-0.25, -0.2) is 4.39 Å². The molecule has 1 heterocycles. The van der Waals surface area contributed by atoms with E-state index in [4.69, 9.17) is 5.26 Å². The Morgan fingerprint density at radius 2 is 2.12 bits per heavy atom. The molecule has 0 spiro atoms. The average molecular weight is 230 g/mol. The first-order valence-corrected chi connectivity index (χ1v) is 5.23. The van der Waals surface area contributed by atoms with Gasteiger partial charge in [0.2, 0.25) is 0 Å². The molecule has 0 aliphatic heterocycles. The van der Waals surface area contributed by atoms with Crippen molar-refractivity contribution in [2.45, 2.75) is 12.8 Å². The summed E-state index contributed by atoms with van der Waals surface area (Å²) in [6.07, 6.45) is 0. The monoisotopic (exact) mass is 230 g/mol. The number of benzene rings is 1. The molecule has 0 aliphatic rings. The van der Waals surface area contributed by atoms with E-state index < -0.39 is 5.92 Å². The molecule has 0 N–H and O–H groups in total. The molecule has 0 aliphatic carbocycles. The molecule has 1 unspecified atom stereocenters. The lowest BCUT2D eigenvalue weighted by molar-refractivity contribution is 0.628. The van der Waals surface area contributed by atoms with Crippen LogP contribution in [0.1, 0.15) is 18.4 Å². The van der Waals surface area contributed by atoms with E-state index in [0.29, 0.717) is 11.1 Å². The molecule has 0 radical (unpaired) electrons. The molecule has 0 saturated heterocycles. The van der Waals surface area contributed by atoms with Crippen LogP contribution < -0.4 is 5.56 Å². The van der Waals surface area contributed by atoms with Crippen molar-refractivity contribution in [3.05, 3.63) is 46.0 Å². The van der Waals surface area contributed by atoms with Gasteiger partial charge < -0.3 is 4.57 Å². The third-order valence-electron chi connectivity index (χ3n) is 2.88. The first-order chi connectivity index (χ1) is 8.04. The van der Waals surface area contributed by atoms with Crippen molar-refractivity contribution in [1.29, 1.82) is 5.26 Å². The van der Waals surface area contributed by atoms with Gasteiger partial charge >= 0.3 is 0 Å². The molecule has 0 saturated carbocycles. The van der Waals surface area contributed by atoms with Crippen molar-refractivity contribution in [1.82, 2.24) is 4.57 Å². The first-order valence-electron chi connectivity index (χ1n) is 5.23. The van der Waals surface area contributed by atoms with Gasteiger partial charge in [0.25, 0.3) is 5.56 Å². The zero-order valence-electron chi connectivity index (χ0n) is 9.57. The molecule has 2 rings (SSSR count). The van der Waals surface area contributed by atoms with E-state index in [1.807, 2.05) is 6.07 Å². The smallest absolute Gasteiger partial charge is 0.255 e. The van der Waals surface area contributed by atoms with Crippen molar-refractivity contribution >= 4 is 10.9 Å². The molecule has 1 aromatic heterocycles. The summed E-state index contributed by atoms with van der Waals surface area (Å²) in [4.78, 5) is 12.0. The third-order valence-corrected chi connectivity index (χ3v) is 2.88. The molecular weight excluding hydrogens is 219 g/mol. The minimum Gasteiger partial charge on any atom is -0.311 e. The molecule has 17 heavy (non-hydrogen) atoms. The number of nitrogens with zero attached hydrogens (tertiary/aromatic N) is 2. The Morgan fingerprint density at radius 3 is 2.76 bits per heavy atom. The highest BCUT2D eigenvalue weighted by Crippen LogP contribution is 2.18. The van der Waals surface area contributed by atoms with Crippen molar-refractivity contribution in [3.63, 3.8) is 0 Å². The number of halogens is 1. The van der Waals surface area contributed by atoms with Crippen LogP contribution in [0.4, 0.5) is 4.39 Å². The number of rotatable bonds is 1. The Morgan fingerprint density at radius 1 is 1.41 bits per heavy atom. The molecule has 0 bridgehead atoms. The molecule has 4 heteroatoms. The minimum atomic E-state index is -0.469. The van der Waals surface area contributed by atoms with Crippen LogP contribution in [0.25, 0.3) is 10.9 Å². The summed E-state index contributed by atoms with van der Waals surface area (Å²) in [7, 11) is 1.58. The molecule has 0 fully saturated rings. The molecule has 0 amide bonds. The van der Waals surface area contributed by atoms with Crippen LogP contribution >= 0.6 is 0 Å². The maximum absolute atomic E-state index is 13.1. The molecule has 1 atom stereocenters. The Bertz CT molecular complexity index is 682. The average Bonchev–Trinajstić information content (AvgIpc) is 2.33. The van der Waals surface area contributed by atoms with Crippen LogP contribution in [0.5, 0.6) is 0 Å². The summed E-state index contributed by atoms with van der Waals surface area (Å²) in [5, 5.41) is 9.62. The number of hydrogen-bond acceptors (Lipinski definition) is 2. The van der Waals surface area contributed by atoms with Crippen molar-refractivity contribution in [2.75, 3.05) is 0 Å². The summed E-state index contributed by atoms with van der Waals surface area (Å²) in [5.74, 6) is -0.850. The van der Waals surface area contributed by atoms with E-state index in [-0.39, 0.29) is 11.4 Å². The van der Waals surface area contributed by atoms with Gasteiger partial charge in [-0.2, -0.15) is 5.26 Å². The van der Waals surface area contributed by atoms with Crippen molar-refractivity contribution in [3.8, 4) is 6.07 Å². The SMILES string of the molecule is CC(C#N)c1cc2ccc(F)cc2n(C)c1=O. The van der Waals surface area contributed by atoms with E-state index in [0.717, 1.165) is 5.39 Å². The summed E-state index contributed by atoms with van der Waals surface area (Å²) in [6, 6.07) is 7.96. The topological polar surface area (TPSA) is 45.8 Å². The van der Waals surface area contributed by atoms with E-state index in [9.17, 15) is 9.18 Å². The van der Waals surface area contributed by atoms with Crippen LogP contribution in [0.2, 0.25) is 0 Å².